The van der Waals surface area contributed by atoms with Gasteiger partial charge in [-0.2, -0.15) is 0 Å². The van der Waals surface area contributed by atoms with Crippen molar-refractivity contribution in [1.29, 1.82) is 0 Å². The number of aromatic nitrogens is 2. The second-order valence-corrected chi connectivity index (χ2v) is 11.3. The van der Waals surface area contributed by atoms with Gasteiger partial charge >= 0.3 is 0 Å². The van der Waals surface area contributed by atoms with E-state index in [2.05, 4.69) is 21.2 Å². The highest BCUT2D eigenvalue weighted by atomic mass is 35.5. The maximum absolute atomic E-state index is 12.6. The molecule has 0 unspecified atom stereocenters. The Morgan fingerprint density at radius 2 is 1.97 bits per heavy atom. The minimum Gasteiger partial charge on any atom is -0.339 e. The molecule has 1 saturated carbocycles. The first kappa shape index (κ1) is 22.0. The van der Waals surface area contributed by atoms with Crippen molar-refractivity contribution in [2.24, 2.45) is 0 Å². The van der Waals surface area contributed by atoms with E-state index in [-0.39, 0.29) is 17.9 Å². The summed E-state index contributed by atoms with van der Waals surface area (Å²) >= 11 is 10.4. The van der Waals surface area contributed by atoms with Crippen LogP contribution in [0.1, 0.15) is 31.1 Å². The van der Waals surface area contributed by atoms with Crippen LogP contribution in [-0.4, -0.2) is 69.8 Å². The number of anilines is 1. The monoisotopic (exact) mass is 485 g/mol. The first-order valence-corrected chi connectivity index (χ1v) is 13.1. The number of carbonyl (C=O) groups excluding carboxylic acids is 2. The van der Waals surface area contributed by atoms with Crippen molar-refractivity contribution in [3.63, 3.8) is 0 Å². The summed E-state index contributed by atoms with van der Waals surface area (Å²) in [5, 5.41) is 9.05. The van der Waals surface area contributed by atoms with Gasteiger partial charge in [0.2, 0.25) is 16.9 Å². The summed E-state index contributed by atoms with van der Waals surface area (Å²) in [6, 6.07) is 4.27. The molecule has 0 bridgehead atoms. The lowest BCUT2D eigenvalue weighted by atomic mass is 10.3. The topological polar surface area (TPSA) is 69.6 Å². The number of nitrogens with zero attached hydrogens (tertiary/aromatic N) is 5. The van der Waals surface area contributed by atoms with Gasteiger partial charge in [-0.3, -0.25) is 19.4 Å². The molecule has 4 rings (SSSR count). The first-order chi connectivity index (χ1) is 14.5. The molecule has 2 amide bonds. The number of hydrogen-bond donors (Lipinski definition) is 0. The molecule has 0 radical (unpaired) electrons. The number of piperazine rings is 1. The third-order valence-corrected chi connectivity index (χ3v) is 8.39. The summed E-state index contributed by atoms with van der Waals surface area (Å²) in [5.74, 6) is 0.559. The third-order valence-electron chi connectivity index (χ3n) is 5.14. The predicted octanol–water partition coefficient (Wildman–Crippen LogP) is 3.59. The van der Waals surface area contributed by atoms with E-state index >= 15 is 0 Å². The van der Waals surface area contributed by atoms with Gasteiger partial charge in [0, 0.05) is 50.1 Å². The molecular formula is C19H24ClN5O2S3. The molecule has 0 atom stereocenters. The first-order valence-electron chi connectivity index (χ1n) is 10.1. The number of thiophene rings is 1. The summed E-state index contributed by atoms with van der Waals surface area (Å²) < 4.78 is 1.55. The molecule has 2 aromatic heterocycles. The van der Waals surface area contributed by atoms with Gasteiger partial charge in [-0.15, -0.1) is 21.5 Å². The standard InChI is InChI=1S/C19H24ClN5O2S3/c1-2-16(26)25(13-3-4-13)18-21-22-19(30-18)28-12-17(27)24-9-7-23(8-10-24)11-14-5-6-15(20)29-14/h5-6,13H,2-4,7-12H2,1H3. The van der Waals surface area contributed by atoms with Crippen LogP contribution in [0.5, 0.6) is 0 Å². The Hall–Kier alpha value is -1.20. The summed E-state index contributed by atoms with van der Waals surface area (Å²) in [6.45, 7) is 5.95. The quantitative estimate of drug-likeness (QED) is 0.420. The van der Waals surface area contributed by atoms with Crippen LogP contribution < -0.4 is 4.90 Å². The van der Waals surface area contributed by atoms with Crippen molar-refractivity contribution < 1.29 is 9.59 Å². The Kier molecular flexibility index (Phi) is 7.30. The summed E-state index contributed by atoms with van der Waals surface area (Å²) in [4.78, 5) is 32.1. The van der Waals surface area contributed by atoms with E-state index < -0.39 is 0 Å². The van der Waals surface area contributed by atoms with Gasteiger partial charge in [0.05, 0.1) is 10.1 Å². The molecule has 0 spiro atoms. The average molecular weight is 486 g/mol. The molecular weight excluding hydrogens is 462 g/mol. The fourth-order valence-electron chi connectivity index (χ4n) is 3.36. The lowest BCUT2D eigenvalue weighted by Gasteiger charge is -2.34. The molecule has 162 valence electrons. The average Bonchev–Trinajstić information content (AvgIpc) is 3.33. The SMILES string of the molecule is CCC(=O)N(c1nnc(SCC(=O)N2CCN(Cc3ccc(Cl)s3)CC2)s1)C1CC1. The van der Waals surface area contributed by atoms with Crippen molar-refractivity contribution in [2.45, 2.75) is 43.1 Å². The molecule has 11 heteroatoms. The molecule has 7 nitrogen and oxygen atoms in total. The van der Waals surface area contributed by atoms with Crippen molar-refractivity contribution in [1.82, 2.24) is 20.0 Å². The van der Waals surface area contributed by atoms with Gasteiger partial charge in [0.1, 0.15) is 0 Å². The predicted molar refractivity (Wildman–Crippen MR) is 123 cm³/mol. The van der Waals surface area contributed by atoms with E-state index in [1.165, 1.54) is 28.0 Å². The van der Waals surface area contributed by atoms with E-state index in [0.717, 1.165) is 54.2 Å². The highest BCUT2D eigenvalue weighted by Gasteiger charge is 2.35. The van der Waals surface area contributed by atoms with E-state index in [4.69, 9.17) is 11.6 Å². The second kappa shape index (κ2) is 9.95. The van der Waals surface area contributed by atoms with Crippen LogP contribution >= 0.6 is 46.0 Å². The molecule has 1 aliphatic carbocycles. The van der Waals surface area contributed by atoms with E-state index in [9.17, 15) is 9.59 Å². The van der Waals surface area contributed by atoms with E-state index in [1.54, 1.807) is 16.2 Å². The number of amides is 2. The third kappa shape index (κ3) is 5.53. The molecule has 2 aromatic rings. The van der Waals surface area contributed by atoms with Crippen LogP contribution in [-0.2, 0) is 16.1 Å². The molecule has 1 saturated heterocycles. The Labute approximate surface area is 193 Å². The molecule has 2 fully saturated rings. The molecule has 1 aliphatic heterocycles. The zero-order valence-corrected chi connectivity index (χ0v) is 20.0. The molecule has 0 aromatic carbocycles. The second-order valence-electron chi connectivity index (χ2n) is 7.35. The van der Waals surface area contributed by atoms with E-state index in [0.29, 0.717) is 17.3 Å². The maximum Gasteiger partial charge on any atom is 0.233 e. The van der Waals surface area contributed by atoms with Gasteiger partial charge in [0.25, 0.3) is 0 Å². The normalized spacial score (nSPS) is 17.3. The minimum absolute atomic E-state index is 0.0870. The van der Waals surface area contributed by atoms with E-state index in [1.807, 2.05) is 17.9 Å². The highest BCUT2D eigenvalue weighted by molar-refractivity contribution is 8.01. The van der Waals surface area contributed by atoms with Crippen LogP contribution in [0.2, 0.25) is 4.34 Å². The van der Waals surface area contributed by atoms with Crippen molar-refractivity contribution in [3.8, 4) is 0 Å². The van der Waals surface area contributed by atoms with Gasteiger partial charge in [0.15, 0.2) is 4.34 Å². The maximum atomic E-state index is 12.6. The van der Waals surface area contributed by atoms with Crippen molar-refractivity contribution in [3.05, 3.63) is 21.3 Å². The number of rotatable bonds is 8. The number of carbonyl (C=O) groups is 2. The Bertz CT molecular complexity index is 892. The van der Waals surface area contributed by atoms with Crippen LogP contribution in [0.4, 0.5) is 5.13 Å². The summed E-state index contributed by atoms with van der Waals surface area (Å²) in [7, 11) is 0. The summed E-state index contributed by atoms with van der Waals surface area (Å²) in [6.07, 6.45) is 2.51. The van der Waals surface area contributed by atoms with Crippen LogP contribution in [0.3, 0.4) is 0 Å². The van der Waals surface area contributed by atoms with Gasteiger partial charge in [-0.05, 0) is 25.0 Å². The lowest BCUT2D eigenvalue weighted by molar-refractivity contribution is -0.130. The highest BCUT2D eigenvalue weighted by Crippen LogP contribution is 2.36. The zero-order valence-electron chi connectivity index (χ0n) is 16.8. The molecule has 30 heavy (non-hydrogen) atoms. The van der Waals surface area contributed by atoms with Crippen molar-refractivity contribution >= 4 is 63.0 Å². The minimum atomic E-state index is 0.0870. The van der Waals surface area contributed by atoms with Crippen molar-refractivity contribution in [2.75, 3.05) is 36.8 Å². The smallest absolute Gasteiger partial charge is 0.233 e. The van der Waals surface area contributed by atoms with Gasteiger partial charge in [-0.1, -0.05) is 41.6 Å². The number of thioether (sulfide) groups is 1. The number of halogens is 1. The van der Waals surface area contributed by atoms with Crippen LogP contribution in [0, 0.1) is 0 Å². The van der Waals surface area contributed by atoms with Crippen LogP contribution in [0.15, 0.2) is 16.5 Å². The largest absolute Gasteiger partial charge is 0.339 e. The Balaban J connectivity index is 1.23. The fourth-order valence-corrected chi connectivity index (χ4v) is 6.32. The molecule has 0 N–H and O–H groups in total. The Morgan fingerprint density at radius 1 is 1.20 bits per heavy atom. The lowest BCUT2D eigenvalue weighted by Crippen LogP contribution is -2.48. The van der Waals surface area contributed by atoms with Crippen LogP contribution in [0.25, 0.3) is 0 Å². The zero-order chi connectivity index (χ0) is 21.1. The Morgan fingerprint density at radius 3 is 2.60 bits per heavy atom. The van der Waals surface area contributed by atoms with Gasteiger partial charge in [-0.25, -0.2) is 0 Å². The number of hydrogen-bond acceptors (Lipinski definition) is 8. The molecule has 3 heterocycles. The fraction of sp³-hybridized carbons (Fsp3) is 0.579. The van der Waals surface area contributed by atoms with Gasteiger partial charge < -0.3 is 4.90 Å². The molecule has 2 aliphatic rings. The summed E-state index contributed by atoms with van der Waals surface area (Å²) in [5.41, 5.74) is 0.